The number of hydrogen-bond donors (Lipinski definition) is 1. The molecule has 0 radical (unpaired) electrons. The first-order chi connectivity index (χ1) is 10.0. The van der Waals surface area contributed by atoms with Crippen molar-refractivity contribution in [3.63, 3.8) is 0 Å². The molecule has 1 aromatic carbocycles. The van der Waals surface area contributed by atoms with Crippen LogP contribution in [-0.2, 0) is 17.9 Å². The first-order valence-corrected chi connectivity index (χ1v) is 7.90. The van der Waals surface area contributed by atoms with Crippen molar-refractivity contribution in [1.82, 2.24) is 5.32 Å². The summed E-state index contributed by atoms with van der Waals surface area (Å²) in [6.07, 6.45) is 0.218. The topological polar surface area (TPSA) is 38.3 Å². The molecule has 1 amide bonds. The van der Waals surface area contributed by atoms with E-state index in [1.807, 2.05) is 51.1 Å². The van der Waals surface area contributed by atoms with Gasteiger partial charge in [-0.05, 0) is 44.0 Å². The van der Waals surface area contributed by atoms with Crippen molar-refractivity contribution < 1.29 is 9.53 Å². The Hall–Kier alpha value is -1.65. The van der Waals surface area contributed by atoms with Crippen LogP contribution in [0.4, 0.5) is 0 Å². The van der Waals surface area contributed by atoms with Gasteiger partial charge in [-0.15, -0.1) is 11.3 Å². The van der Waals surface area contributed by atoms with Crippen LogP contribution < -0.4 is 5.32 Å². The molecule has 0 saturated heterocycles. The summed E-state index contributed by atoms with van der Waals surface area (Å²) in [4.78, 5) is 13.9. The molecule has 0 unspecified atom stereocenters. The van der Waals surface area contributed by atoms with Crippen molar-refractivity contribution in [1.29, 1.82) is 0 Å². The Morgan fingerprint density at radius 2 is 2.00 bits per heavy atom. The minimum atomic E-state index is -0.0167. The van der Waals surface area contributed by atoms with Crippen LogP contribution in [0, 0.1) is 6.92 Å². The Kier molecular flexibility index (Phi) is 5.53. The predicted octanol–water partition coefficient (Wildman–Crippen LogP) is 3.91. The molecule has 1 heterocycles. The van der Waals surface area contributed by atoms with E-state index < -0.39 is 0 Å². The number of nitrogens with one attached hydrogen (secondary N) is 1. The van der Waals surface area contributed by atoms with Crippen LogP contribution in [0.1, 0.15) is 39.5 Å². The molecular weight excluding hydrogens is 282 g/mol. The Balaban J connectivity index is 1.91. The van der Waals surface area contributed by atoms with Gasteiger partial charge in [-0.3, -0.25) is 4.79 Å². The second kappa shape index (κ2) is 7.38. The highest BCUT2D eigenvalue weighted by atomic mass is 32.1. The zero-order valence-electron chi connectivity index (χ0n) is 12.7. The van der Waals surface area contributed by atoms with E-state index in [1.165, 1.54) is 11.3 Å². The highest BCUT2D eigenvalue weighted by Crippen LogP contribution is 2.15. The fourth-order valence-corrected chi connectivity index (χ4v) is 2.70. The van der Waals surface area contributed by atoms with Gasteiger partial charge in [0.05, 0.1) is 17.6 Å². The number of ether oxygens (including phenoxy) is 1. The van der Waals surface area contributed by atoms with Crippen molar-refractivity contribution in [2.24, 2.45) is 0 Å². The summed E-state index contributed by atoms with van der Waals surface area (Å²) in [5.74, 6) is -0.0167. The van der Waals surface area contributed by atoms with Gasteiger partial charge < -0.3 is 10.1 Å². The molecule has 1 aromatic heterocycles. The summed E-state index contributed by atoms with van der Waals surface area (Å²) in [5, 5.41) is 2.95. The second-order valence-corrected chi connectivity index (χ2v) is 6.56. The molecule has 3 nitrogen and oxygen atoms in total. The lowest BCUT2D eigenvalue weighted by Gasteiger charge is -2.09. The predicted molar refractivity (Wildman–Crippen MR) is 86.6 cm³/mol. The molecule has 0 fully saturated rings. The maximum atomic E-state index is 12.0. The Bertz CT molecular complexity index is 604. The van der Waals surface area contributed by atoms with Crippen LogP contribution in [-0.4, -0.2) is 12.0 Å². The Morgan fingerprint density at radius 1 is 1.24 bits per heavy atom. The summed E-state index contributed by atoms with van der Waals surface area (Å²) < 4.78 is 5.59. The standard InChI is InChI=1S/C17H21NO2S/c1-12(2)20-11-15-6-4-5-14(9-15)10-18-17(19)16-8-7-13(3)21-16/h4-9,12H,10-11H2,1-3H3,(H,18,19). The van der Waals surface area contributed by atoms with E-state index in [4.69, 9.17) is 4.74 Å². The average molecular weight is 303 g/mol. The molecule has 0 saturated carbocycles. The van der Waals surface area contributed by atoms with E-state index in [0.29, 0.717) is 13.2 Å². The van der Waals surface area contributed by atoms with Gasteiger partial charge >= 0.3 is 0 Å². The fraction of sp³-hybridized carbons (Fsp3) is 0.353. The highest BCUT2D eigenvalue weighted by molar-refractivity contribution is 7.13. The molecule has 0 atom stereocenters. The molecule has 0 aliphatic rings. The number of aryl methyl sites for hydroxylation is 1. The highest BCUT2D eigenvalue weighted by Gasteiger charge is 2.07. The molecule has 2 aromatic rings. The number of amides is 1. The van der Waals surface area contributed by atoms with Gasteiger partial charge in [0.1, 0.15) is 0 Å². The lowest BCUT2D eigenvalue weighted by molar-refractivity contribution is 0.0657. The molecule has 0 aliphatic carbocycles. The van der Waals surface area contributed by atoms with Gasteiger partial charge in [-0.2, -0.15) is 0 Å². The molecule has 112 valence electrons. The number of carbonyl (C=O) groups excluding carboxylic acids is 1. The van der Waals surface area contributed by atoms with Gasteiger partial charge in [-0.25, -0.2) is 0 Å². The van der Waals surface area contributed by atoms with Crippen LogP contribution in [0.15, 0.2) is 36.4 Å². The monoisotopic (exact) mass is 303 g/mol. The van der Waals surface area contributed by atoms with Crippen LogP contribution in [0.3, 0.4) is 0 Å². The number of thiophene rings is 1. The summed E-state index contributed by atoms with van der Waals surface area (Å²) in [7, 11) is 0. The number of hydrogen-bond acceptors (Lipinski definition) is 3. The van der Waals surface area contributed by atoms with E-state index in [-0.39, 0.29) is 12.0 Å². The van der Waals surface area contributed by atoms with Gasteiger partial charge in [0.25, 0.3) is 5.91 Å². The van der Waals surface area contributed by atoms with Crippen LogP contribution in [0.25, 0.3) is 0 Å². The van der Waals surface area contributed by atoms with Crippen molar-refractivity contribution >= 4 is 17.2 Å². The van der Waals surface area contributed by atoms with E-state index in [0.717, 1.165) is 20.9 Å². The molecule has 0 bridgehead atoms. The quantitative estimate of drug-likeness (QED) is 0.878. The summed E-state index contributed by atoms with van der Waals surface area (Å²) in [6, 6.07) is 11.9. The minimum Gasteiger partial charge on any atom is -0.374 e. The lowest BCUT2D eigenvalue weighted by atomic mass is 10.1. The summed E-state index contributed by atoms with van der Waals surface area (Å²) in [6.45, 7) is 7.18. The summed E-state index contributed by atoms with van der Waals surface area (Å²) >= 11 is 1.51. The average Bonchev–Trinajstić information content (AvgIpc) is 2.90. The van der Waals surface area contributed by atoms with E-state index in [9.17, 15) is 4.79 Å². The fourth-order valence-electron chi connectivity index (χ4n) is 1.92. The largest absolute Gasteiger partial charge is 0.374 e. The molecule has 4 heteroatoms. The maximum Gasteiger partial charge on any atom is 0.261 e. The van der Waals surface area contributed by atoms with Crippen LogP contribution in [0.2, 0.25) is 0 Å². The van der Waals surface area contributed by atoms with E-state index in [2.05, 4.69) is 11.4 Å². The Labute approximate surface area is 130 Å². The third-order valence-corrected chi connectivity index (χ3v) is 3.99. The van der Waals surface area contributed by atoms with Crippen molar-refractivity contribution in [2.45, 2.75) is 40.0 Å². The van der Waals surface area contributed by atoms with Crippen molar-refractivity contribution in [3.8, 4) is 0 Å². The van der Waals surface area contributed by atoms with Crippen molar-refractivity contribution in [3.05, 3.63) is 57.3 Å². The molecule has 1 N–H and O–H groups in total. The van der Waals surface area contributed by atoms with Crippen molar-refractivity contribution in [2.75, 3.05) is 0 Å². The molecule has 0 aliphatic heterocycles. The van der Waals surface area contributed by atoms with Gasteiger partial charge in [0, 0.05) is 11.4 Å². The Morgan fingerprint density at radius 3 is 2.67 bits per heavy atom. The molecule has 21 heavy (non-hydrogen) atoms. The number of carbonyl (C=O) groups is 1. The number of benzene rings is 1. The van der Waals surface area contributed by atoms with Gasteiger partial charge in [-0.1, -0.05) is 24.3 Å². The zero-order chi connectivity index (χ0) is 15.2. The first kappa shape index (κ1) is 15.7. The van der Waals surface area contributed by atoms with E-state index in [1.54, 1.807) is 0 Å². The van der Waals surface area contributed by atoms with Crippen LogP contribution in [0.5, 0.6) is 0 Å². The van der Waals surface area contributed by atoms with Gasteiger partial charge in [0.2, 0.25) is 0 Å². The second-order valence-electron chi connectivity index (χ2n) is 5.27. The molecule has 2 rings (SSSR count). The van der Waals surface area contributed by atoms with Crippen LogP contribution >= 0.6 is 11.3 Å². The minimum absolute atomic E-state index is 0.0167. The summed E-state index contributed by atoms with van der Waals surface area (Å²) in [5.41, 5.74) is 2.21. The third kappa shape index (κ3) is 4.99. The lowest BCUT2D eigenvalue weighted by Crippen LogP contribution is -2.21. The zero-order valence-corrected chi connectivity index (χ0v) is 13.5. The first-order valence-electron chi connectivity index (χ1n) is 7.08. The van der Waals surface area contributed by atoms with E-state index >= 15 is 0 Å². The normalized spacial score (nSPS) is 10.9. The molecular formula is C17H21NO2S. The maximum absolute atomic E-state index is 12.0. The smallest absolute Gasteiger partial charge is 0.261 e. The third-order valence-electron chi connectivity index (χ3n) is 2.99. The number of rotatable bonds is 6. The SMILES string of the molecule is Cc1ccc(C(=O)NCc2cccc(COC(C)C)c2)s1. The van der Waals surface area contributed by atoms with Gasteiger partial charge in [0.15, 0.2) is 0 Å². The molecule has 0 spiro atoms.